The van der Waals surface area contributed by atoms with Gasteiger partial charge < -0.3 is 15.4 Å². The Kier molecular flexibility index (Phi) is 7.00. The van der Waals surface area contributed by atoms with E-state index in [9.17, 15) is 0 Å². The highest BCUT2D eigenvalue weighted by molar-refractivity contribution is 7.10. The zero-order valence-electron chi connectivity index (χ0n) is 9.75. The van der Waals surface area contributed by atoms with Crippen molar-refractivity contribution in [1.82, 2.24) is 10.6 Å². The fourth-order valence-electron chi connectivity index (χ4n) is 1.28. The second kappa shape index (κ2) is 8.03. The van der Waals surface area contributed by atoms with Gasteiger partial charge in [0.15, 0.2) is 0 Å². The topological polar surface area (TPSA) is 33.3 Å². The molecule has 0 aromatic carbocycles. The van der Waals surface area contributed by atoms with Gasteiger partial charge in [-0.25, -0.2) is 0 Å². The fraction of sp³-hybridized carbons (Fsp3) is 0.636. The first-order valence-corrected chi connectivity index (χ1v) is 6.64. The van der Waals surface area contributed by atoms with E-state index in [2.05, 4.69) is 17.6 Å². The van der Waals surface area contributed by atoms with Crippen LogP contribution in [0.25, 0.3) is 0 Å². The summed E-state index contributed by atoms with van der Waals surface area (Å²) in [5.74, 6) is 0. The zero-order valence-corrected chi connectivity index (χ0v) is 11.3. The van der Waals surface area contributed by atoms with Gasteiger partial charge in [-0.1, -0.05) is 11.6 Å². The molecule has 0 bridgehead atoms. The summed E-state index contributed by atoms with van der Waals surface area (Å²) < 4.78 is 4.96. The fourth-order valence-corrected chi connectivity index (χ4v) is 2.34. The number of thiophene rings is 1. The van der Waals surface area contributed by atoms with E-state index < -0.39 is 0 Å². The molecule has 0 spiro atoms. The molecule has 92 valence electrons. The molecule has 0 saturated heterocycles. The van der Waals surface area contributed by atoms with Crippen molar-refractivity contribution in [2.24, 2.45) is 0 Å². The Hall–Kier alpha value is -0.130. The minimum absolute atomic E-state index is 0.426. The molecule has 5 heteroatoms. The van der Waals surface area contributed by atoms with Crippen LogP contribution in [0.2, 0.25) is 5.02 Å². The van der Waals surface area contributed by atoms with Crippen LogP contribution >= 0.6 is 22.9 Å². The van der Waals surface area contributed by atoms with Gasteiger partial charge in [0.1, 0.15) is 0 Å². The van der Waals surface area contributed by atoms with Crippen LogP contribution in [0.5, 0.6) is 0 Å². The second-order valence-corrected chi connectivity index (χ2v) is 5.08. The third kappa shape index (κ3) is 5.27. The van der Waals surface area contributed by atoms with E-state index in [1.807, 2.05) is 11.4 Å². The van der Waals surface area contributed by atoms with Crippen molar-refractivity contribution < 1.29 is 4.74 Å². The van der Waals surface area contributed by atoms with Gasteiger partial charge in [-0.3, -0.25) is 0 Å². The maximum absolute atomic E-state index is 6.01. The Bertz CT molecular complexity index is 293. The van der Waals surface area contributed by atoms with E-state index in [0.717, 1.165) is 31.3 Å². The van der Waals surface area contributed by atoms with Gasteiger partial charge in [0, 0.05) is 37.7 Å². The summed E-state index contributed by atoms with van der Waals surface area (Å²) >= 11 is 7.70. The number of hydrogen-bond donors (Lipinski definition) is 2. The summed E-state index contributed by atoms with van der Waals surface area (Å²) in [5, 5.41) is 9.61. The molecule has 0 fully saturated rings. The number of ether oxygens (including phenoxy) is 1. The van der Waals surface area contributed by atoms with Crippen LogP contribution in [0.15, 0.2) is 11.4 Å². The van der Waals surface area contributed by atoms with E-state index >= 15 is 0 Å². The van der Waals surface area contributed by atoms with Crippen LogP contribution in [0.4, 0.5) is 0 Å². The van der Waals surface area contributed by atoms with Crippen molar-refractivity contribution in [2.45, 2.75) is 19.5 Å². The lowest BCUT2D eigenvalue weighted by Crippen LogP contribution is -2.36. The molecule has 1 aromatic rings. The normalized spacial score (nSPS) is 12.9. The summed E-state index contributed by atoms with van der Waals surface area (Å²) in [5.41, 5.74) is 0. The third-order valence-corrected chi connectivity index (χ3v) is 3.62. The highest BCUT2D eigenvalue weighted by Crippen LogP contribution is 2.21. The van der Waals surface area contributed by atoms with E-state index in [-0.39, 0.29) is 0 Å². The van der Waals surface area contributed by atoms with Gasteiger partial charge >= 0.3 is 0 Å². The average molecular weight is 263 g/mol. The molecule has 3 nitrogen and oxygen atoms in total. The summed E-state index contributed by atoms with van der Waals surface area (Å²) in [6.07, 6.45) is 0. The predicted octanol–water partition coefficient (Wildman–Crippen LogP) is 2.12. The molecule has 1 aromatic heterocycles. The summed E-state index contributed by atoms with van der Waals surface area (Å²) in [6, 6.07) is 2.36. The highest BCUT2D eigenvalue weighted by atomic mass is 35.5. The standard InChI is InChI=1S/C11H19ClN2OS/c1-9(7-13-4-5-15-2)14-8-11-10(12)3-6-16-11/h3,6,9,13-14H,4-5,7-8H2,1-2H3. The number of nitrogens with one attached hydrogen (secondary N) is 2. The molecule has 0 aliphatic carbocycles. The van der Waals surface area contributed by atoms with Crippen LogP contribution in [0, 0.1) is 0 Å². The third-order valence-electron chi connectivity index (χ3n) is 2.24. The maximum Gasteiger partial charge on any atom is 0.0587 e. The van der Waals surface area contributed by atoms with Crippen LogP contribution in [0.3, 0.4) is 0 Å². The van der Waals surface area contributed by atoms with E-state index in [1.165, 1.54) is 4.88 Å². The molecule has 0 radical (unpaired) electrons. The SMILES string of the molecule is COCCNCC(C)NCc1sccc1Cl. The molecular formula is C11H19ClN2OS. The van der Waals surface area contributed by atoms with Crippen molar-refractivity contribution in [3.63, 3.8) is 0 Å². The van der Waals surface area contributed by atoms with Crippen LogP contribution in [-0.4, -0.2) is 32.8 Å². The molecule has 0 saturated carbocycles. The summed E-state index contributed by atoms with van der Waals surface area (Å²) in [7, 11) is 1.71. The van der Waals surface area contributed by atoms with Crippen molar-refractivity contribution >= 4 is 22.9 Å². The Morgan fingerprint density at radius 2 is 2.38 bits per heavy atom. The molecule has 2 N–H and O–H groups in total. The number of methoxy groups -OCH3 is 1. The lowest BCUT2D eigenvalue weighted by atomic mass is 10.3. The first kappa shape index (κ1) is 13.9. The zero-order chi connectivity index (χ0) is 11.8. The largest absolute Gasteiger partial charge is 0.383 e. The first-order valence-electron chi connectivity index (χ1n) is 5.39. The molecule has 0 amide bonds. The number of hydrogen-bond acceptors (Lipinski definition) is 4. The Labute approximate surface area is 106 Å². The minimum atomic E-state index is 0.426. The molecule has 1 unspecified atom stereocenters. The van der Waals surface area contributed by atoms with Gasteiger partial charge in [0.25, 0.3) is 0 Å². The maximum atomic E-state index is 6.01. The van der Waals surface area contributed by atoms with Crippen LogP contribution in [-0.2, 0) is 11.3 Å². The van der Waals surface area contributed by atoms with Gasteiger partial charge in [-0.05, 0) is 18.4 Å². The number of rotatable bonds is 8. The van der Waals surface area contributed by atoms with E-state index in [0.29, 0.717) is 6.04 Å². The molecule has 1 heterocycles. The molecule has 0 aliphatic rings. The first-order chi connectivity index (χ1) is 7.74. The Morgan fingerprint density at radius 1 is 1.56 bits per heavy atom. The molecule has 0 aliphatic heterocycles. The van der Waals surface area contributed by atoms with Crippen molar-refractivity contribution in [3.8, 4) is 0 Å². The smallest absolute Gasteiger partial charge is 0.0587 e. The highest BCUT2D eigenvalue weighted by Gasteiger charge is 2.04. The average Bonchev–Trinajstić information content (AvgIpc) is 2.67. The lowest BCUT2D eigenvalue weighted by molar-refractivity contribution is 0.198. The minimum Gasteiger partial charge on any atom is -0.383 e. The van der Waals surface area contributed by atoms with Crippen molar-refractivity contribution in [3.05, 3.63) is 21.3 Å². The molecule has 1 atom stereocenters. The monoisotopic (exact) mass is 262 g/mol. The van der Waals surface area contributed by atoms with Crippen LogP contribution in [0.1, 0.15) is 11.8 Å². The second-order valence-electron chi connectivity index (χ2n) is 3.67. The van der Waals surface area contributed by atoms with E-state index in [4.69, 9.17) is 16.3 Å². The van der Waals surface area contributed by atoms with Crippen LogP contribution < -0.4 is 10.6 Å². The quantitative estimate of drug-likeness (QED) is 0.704. The van der Waals surface area contributed by atoms with Gasteiger partial charge in [0.05, 0.1) is 11.6 Å². The molecule has 1 rings (SSSR count). The predicted molar refractivity (Wildman–Crippen MR) is 70.4 cm³/mol. The van der Waals surface area contributed by atoms with Gasteiger partial charge in [-0.2, -0.15) is 0 Å². The van der Waals surface area contributed by atoms with Gasteiger partial charge in [0.2, 0.25) is 0 Å². The number of halogens is 1. The lowest BCUT2D eigenvalue weighted by Gasteiger charge is -2.14. The molecular weight excluding hydrogens is 244 g/mol. The van der Waals surface area contributed by atoms with Gasteiger partial charge in [-0.15, -0.1) is 11.3 Å². The van der Waals surface area contributed by atoms with Crippen molar-refractivity contribution in [2.75, 3.05) is 26.8 Å². The Balaban J connectivity index is 2.10. The summed E-state index contributed by atoms with van der Waals surface area (Å²) in [6.45, 7) is 5.57. The summed E-state index contributed by atoms with van der Waals surface area (Å²) in [4.78, 5) is 1.20. The Morgan fingerprint density at radius 3 is 3.00 bits per heavy atom. The van der Waals surface area contributed by atoms with E-state index in [1.54, 1.807) is 18.4 Å². The molecule has 16 heavy (non-hydrogen) atoms. The van der Waals surface area contributed by atoms with Crippen molar-refractivity contribution in [1.29, 1.82) is 0 Å².